The largest absolute Gasteiger partial charge is 0.386 e. The van der Waals surface area contributed by atoms with Gasteiger partial charge in [0.25, 0.3) is 0 Å². The fourth-order valence-corrected chi connectivity index (χ4v) is 2.30. The van der Waals surface area contributed by atoms with E-state index in [0.29, 0.717) is 6.61 Å². The second-order valence-corrected chi connectivity index (χ2v) is 4.77. The fourth-order valence-electron chi connectivity index (χ4n) is 2.30. The first-order valence-corrected chi connectivity index (χ1v) is 6.77. The van der Waals surface area contributed by atoms with Gasteiger partial charge in [0.2, 0.25) is 0 Å². The van der Waals surface area contributed by atoms with E-state index in [1.807, 2.05) is 37.3 Å². The predicted molar refractivity (Wildman–Crippen MR) is 70.4 cm³/mol. The molecule has 3 unspecified atom stereocenters. The second kappa shape index (κ2) is 6.88. The molecule has 1 saturated heterocycles. The smallest absolute Gasteiger partial charge is 0.105 e. The first-order valence-electron chi connectivity index (χ1n) is 6.77. The Morgan fingerprint density at radius 2 is 2.17 bits per heavy atom. The van der Waals surface area contributed by atoms with E-state index in [2.05, 4.69) is 0 Å². The average Bonchev–Trinajstić information content (AvgIpc) is 2.93. The molecule has 1 fully saturated rings. The van der Waals surface area contributed by atoms with Crippen LogP contribution in [0.2, 0.25) is 0 Å². The van der Waals surface area contributed by atoms with E-state index in [1.165, 1.54) is 0 Å². The number of aliphatic hydroxyl groups excluding tert-OH is 1. The third kappa shape index (κ3) is 3.55. The summed E-state index contributed by atoms with van der Waals surface area (Å²) < 4.78 is 11.3. The maximum Gasteiger partial charge on any atom is 0.105 e. The van der Waals surface area contributed by atoms with Crippen LogP contribution < -0.4 is 0 Å². The highest BCUT2D eigenvalue weighted by Crippen LogP contribution is 2.22. The third-order valence-electron chi connectivity index (χ3n) is 3.42. The molecule has 1 heterocycles. The Bertz CT molecular complexity index is 333. The molecule has 0 aliphatic carbocycles. The molecule has 1 N–H and O–H groups in total. The molecule has 1 aliphatic heterocycles. The number of hydrogen-bond acceptors (Lipinski definition) is 3. The quantitative estimate of drug-likeness (QED) is 0.843. The lowest BCUT2D eigenvalue weighted by molar-refractivity contribution is -0.0730. The van der Waals surface area contributed by atoms with E-state index in [4.69, 9.17) is 9.47 Å². The Kier molecular flexibility index (Phi) is 5.17. The molecule has 0 radical (unpaired) electrons. The Morgan fingerprint density at radius 1 is 1.39 bits per heavy atom. The Labute approximate surface area is 109 Å². The lowest BCUT2D eigenvalue weighted by Gasteiger charge is -2.24. The molecule has 1 aromatic carbocycles. The van der Waals surface area contributed by atoms with E-state index < -0.39 is 6.10 Å². The molecule has 0 bridgehead atoms. The normalized spacial score (nSPS) is 22.9. The highest BCUT2D eigenvalue weighted by molar-refractivity contribution is 5.18. The molecule has 1 aliphatic rings. The standard InChI is InChI=1S/C15H22O3/c1-2-14(18-11-13-9-6-10-17-13)15(16)12-7-4-3-5-8-12/h3-5,7-8,13-16H,2,6,9-11H2,1H3. The highest BCUT2D eigenvalue weighted by Gasteiger charge is 2.23. The second-order valence-electron chi connectivity index (χ2n) is 4.77. The molecule has 1 aromatic rings. The summed E-state index contributed by atoms with van der Waals surface area (Å²) in [4.78, 5) is 0. The zero-order valence-electron chi connectivity index (χ0n) is 10.9. The van der Waals surface area contributed by atoms with Crippen molar-refractivity contribution in [3.05, 3.63) is 35.9 Å². The van der Waals surface area contributed by atoms with Crippen molar-refractivity contribution in [2.75, 3.05) is 13.2 Å². The van der Waals surface area contributed by atoms with Crippen molar-refractivity contribution >= 4 is 0 Å². The summed E-state index contributed by atoms with van der Waals surface area (Å²) in [7, 11) is 0. The van der Waals surface area contributed by atoms with Crippen molar-refractivity contribution in [2.24, 2.45) is 0 Å². The van der Waals surface area contributed by atoms with Crippen LogP contribution in [0.4, 0.5) is 0 Å². The van der Waals surface area contributed by atoms with Crippen molar-refractivity contribution in [2.45, 2.75) is 44.5 Å². The summed E-state index contributed by atoms with van der Waals surface area (Å²) in [5, 5.41) is 10.3. The number of benzene rings is 1. The van der Waals surface area contributed by atoms with Crippen LogP contribution in [-0.2, 0) is 9.47 Å². The summed E-state index contributed by atoms with van der Waals surface area (Å²) in [6, 6.07) is 9.69. The van der Waals surface area contributed by atoms with Gasteiger partial charge in [-0.05, 0) is 24.8 Å². The van der Waals surface area contributed by atoms with Gasteiger partial charge in [0, 0.05) is 6.61 Å². The van der Waals surface area contributed by atoms with Gasteiger partial charge in [-0.2, -0.15) is 0 Å². The highest BCUT2D eigenvalue weighted by atomic mass is 16.5. The van der Waals surface area contributed by atoms with Gasteiger partial charge in [-0.25, -0.2) is 0 Å². The molecule has 18 heavy (non-hydrogen) atoms. The molecule has 2 rings (SSSR count). The molecule has 100 valence electrons. The van der Waals surface area contributed by atoms with Gasteiger partial charge in [-0.3, -0.25) is 0 Å². The summed E-state index contributed by atoms with van der Waals surface area (Å²) in [6.45, 7) is 3.46. The van der Waals surface area contributed by atoms with Gasteiger partial charge in [0.05, 0.1) is 18.8 Å². The first-order chi connectivity index (χ1) is 8.81. The van der Waals surface area contributed by atoms with Crippen molar-refractivity contribution in [1.29, 1.82) is 0 Å². The van der Waals surface area contributed by atoms with Crippen LogP contribution in [0.25, 0.3) is 0 Å². The number of hydrogen-bond donors (Lipinski definition) is 1. The number of rotatable bonds is 6. The average molecular weight is 250 g/mol. The van der Waals surface area contributed by atoms with Crippen molar-refractivity contribution < 1.29 is 14.6 Å². The van der Waals surface area contributed by atoms with Crippen LogP contribution in [0.3, 0.4) is 0 Å². The van der Waals surface area contributed by atoms with Crippen LogP contribution >= 0.6 is 0 Å². The lowest BCUT2D eigenvalue weighted by Crippen LogP contribution is -2.26. The minimum absolute atomic E-state index is 0.156. The molecule has 0 aromatic heterocycles. The number of aliphatic hydroxyl groups is 1. The summed E-state index contributed by atoms with van der Waals surface area (Å²) in [5.74, 6) is 0. The summed E-state index contributed by atoms with van der Waals surface area (Å²) in [5.41, 5.74) is 0.914. The monoisotopic (exact) mass is 250 g/mol. The van der Waals surface area contributed by atoms with Crippen LogP contribution in [0.15, 0.2) is 30.3 Å². The molecule has 3 nitrogen and oxygen atoms in total. The molecule has 0 saturated carbocycles. The van der Waals surface area contributed by atoms with Crippen LogP contribution in [0, 0.1) is 0 Å². The zero-order valence-corrected chi connectivity index (χ0v) is 10.9. The van der Waals surface area contributed by atoms with Gasteiger partial charge >= 0.3 is 0 Å². The fraction of sp³-hybridized carbons (Fsp3) is 0.600. The third-order valence-corrected chi connectivity index (χ3v) is 3.42. The van der Waals surface area contributed by atoms with Gasteiger partial charge in [-0.15, -0.1) is 0 Å². The Morgan fingerprint density at radius 3 is 2.78 bits per heavy atom. The van der Waals surface area contributed by atoms with Crippen molar-refractivity contribution in [3.8, 4) is 0 Å². The molecule has 3 heteroatoms. The molecular formula is C15H22O3. The van der Waals surface area contributed by atoms with E-state index in [0.717, 1.165) is 31.4 Å². The topological polar surface area (TPSA) is 38.7 Å². The minimum Gasteiger partial charge on any atom is -0.386 e. The van der Waals surface area contributed by atoms with Crippen LogP contribution in [-0.4, -0.2) is 30.5 Å². The maximum absolute atomic E-state index is 10.3. The molecule has 0 amide bonds. The van der Waals surface area contributed by atoms with Gasteiger partial charge in [0.15, 0.2) is 0 Å². The van der Waals surface area contributed by atoms with Gasteiger partial charge in [-0.1, -0.05) is 37.3 Å². The molecular weight excluding hydrogens is 228 g/mol. The van der Waals surface area contributed by atoms with E-state index in [-0.39, 0.29) is 12.2 Å². The molecule has 0 spiro atoms. The summed E-state index contributed by atoms with van der Waals surface area (Å²) in [6.07, 6.45) is 2.48. The number of ether oxygens (including phenoxy) is 2. The van der Waals surface area contributed by atoms with E-state index in [1.54, 1.807) is 0 Å². The van der Waals surface area contributed by atoms with Gasteiger partial charge in [0.1, 0.15) is 6.10 Å². The van der Waals surface area contributed by atoms with Crippen LogP contribution in [0.1, 0.15) is 37.9 Å². The first kappa shape index (κ1) is 13.5. The SMILES string of the molecule is CCC(OCC1CCCO1)C(O)c1ccccc1. The summed E-state index contributed by atoms with van der Waals surface area (Å²) >= 11 is 0. The van der Waals surface area contributed by atoms with E-state index in [9.17, 15) is 5.11 Å². The van der Waals surface area contributed by atoms with Crippen molar-refractivity contribution in [1.82, 2.24) is 0 Å². The molecule has 3 atom stereocenters. The van der Waals surface area contributed by atoms with Crippen molar-refractivity contribution in [3.63, 3.8) is 0 Å². The maximum atomic E-state index is 10.3. The van der Waals surface area contributed by atoms with Gasteiger partial charge < -0.3 is 14.6 Å². The predicted octanol–water partition coefficient (Wildman–Crippen LogP) is 2.69. The Balaban J connectivity index is 1.87. The zero-order chi connectivity index (χ0) is 12.8. The minimum atomic E-state index is -0.558. The Hall–Kier alpha value is -0.900. The lowest BCUT2D eigenvalue weighted by atomic mass is 10.0. The van der Waals surface area contributed by atoms with E-state index >= 15 is 0 Å². The van der Waals surface area contributed by atoms with Crippen LogP contribution in [0.5, 0.6) is 0 Å².